The molecule has 1 aromatic carbocycles. The van der Waals surface area contributed by atoms with Crippen LogP contribution in [0.3, 0.4) is 0 Å². The third-order valence-corrected chi connectivity index (χ3v) is 3.36. The molecule has 0 atom stereocenters. The van der Waals surface area contributed by atoms with Gasteiger partial charge in [-0.25, -0.2) is 4.98 Å². The summed E-state index contributed by atoms with van der Waals surface area (Å²) in [7, 11) is 0. The summed E-state index contributed by atoms with van der Waals surface area (Å²) in [6, 6.07) is 7.29. The third-order valence-electron chi connectivity index (χ3n) is 2.57. The summed E-state index contributed by atoms with van der Waals surface area (Å²) in [5.74, 6) is 0. The standard InChI is InChI=1S/C11H12N2S/c1-4-10-11(14-7-13-10)5-8(1)6-12-9-2-3-9/h1,4-5,7,9,12H,2-3,6H2. The smallest absolute Gasteiger partial charge is 0.0812 e. The zero-order valence-electron chi connectivity index (χ0n) is 7.86. The molecule has 72 valence electrons. The van der Waals surface area contributed by atoms with Crippen molar-refractivity contribution in [3.05, 3.63) is 29.3 Å². The van der Waals surface area contributed by atoms with E-state index in [-0.39, 0.29) is 0 Å². The summed E-state index contributed by atoms with van der Waals surface area (Å²) in [6.07, 6.45) is 2.70. The topological polar surface area (TPSA) is 24.9 Å². The molecule has 14 heavy (non-hydrogen) atoms. The molecule has 3 rings (SSSR count). The van der Waals surface area contributed by atoms with Crippen molar-refractivity contribution in [1.82, 2.24) is 10.3 Å². The van der Waals surface area contributed by atoms with E-state index >= 15 is 0 Å². The fourth-order valence-corrected chi connectivity index (χ4v) is 2.30. The molecule has 1 aliphatic carbocycles. The van der Waals surface area contributed by atoms with Crippen LogP contribution in [0.2, 0.25) is 0 Å². The molecule has 1 N–H and O–H groups in total. The minimum atomic E-state index is 0.784. The number of benzene rings is 1. The van der Waals surface area contributed by atoms with Crippen LogP contribution in [0.25, 0.3) is 10.2 Å². The van der Waals surface area contributed by atoms with Gasteiger partial charge >= 0.3 is 0 Å². The fraction of sp³-hybridized carbons (Fsp3) is 0.364. The number of fused-ring (bicyclic) bond motifs is 1. The van der Waals surface area contributed by atoms with Crippen molar-refractivity contribution >= 4 is 21.6 Å². The quantitative estimate of drug-likeness (QED) is 0.831. The van der Waals surface area contributed by atoms with Gasteiger partial charge in [-0.15, -0.1) is 11.3 Å². The molecule has 0 aliphatic heterocycles. The highest BCUT2D eigenvalue weighted by atomic mass is 32.1. The SMILES string of the molecule is c1nc2ccc(CNC3CC3)cc2s1. The van der Waals surface area contributed by atoms with E-state index in [9.17, 15) is 0 Å². The number of aromatic nitrogens is 1. The third kappa shape index (κ3) is 1.65. The number of rotatable bonds is 3. The Morgan fingerprint density at radius 3 is 3.21 bits per heavy atom. The summed E-state index contributed by atoms with van der Waals surface area (Å²) in [5, 5.41) is 3.51. The van der Waals surface area contributed by atoms with Crippen LogP contribution in [0.1, 0.15) is 18.4 Å². The van der Waals surface area contributed by atoms with E-state index in [0.29, 0.717) is 0 Å². The molecule has 0 saturated heterocycles. The Balaban J connectivity index is 1.81. The van der Waals surface area contributed by atoms with E-state index in [2.05, 4.69) is 28.5 Å². The maximum atomic E-state index is 4.27. The van der Waals surface area contributed by atoms with Crippen molar-refractivity contribution in [1.29, 1.82) is 0 Å². The summed E-state index contributed by atoms with van der Waals surface area (Å²) in [5.41, 5.74) is 4.39. The Kier molecular flexibility index (Phi) is 2.00. The number of hydrogen-bond acceptors (Lipinski definition) is 3. The van der Waals surface area contributed by atoms with Gasteiger partial charge in [0.1, 0.15) is 0 Å². The van der Waals surface area contributed by atoms with Crippen LogP contribution >= 0.6 is 11.3 Å². The lowest BCUT2D eigenvalue weighted by atomic mass is 10.2. The van der Waals surface area contributed by atoms with Gasteiger partial charge in [-0.1, -0.05) is 6.07 Å². The summed E-state index contributed by atoms with van der Waals surface area (Å²) in [4.78, 5) is 4.27. The van der Waals surface area contributed by atoms with E-state index in [1.165, 1.54) is 23.1 Å². The van der Waals surface area contributed by atoms with Crippen molar-refractivity contribution in [2.75, 3.05) is 0 Å². The number of nitrogens with zero attached hydrogens (tertiary/aromatic N) is 1. The average Bonchev–Trinajstić information content (AvgIpc) is 2.92. The predicted octanol–water partition coefficient (Wildman–Crippen LogP) is 2.55. The second-order valence-electron chi connectivity index (χ2n) is 3.81. The first kappa shape index (κ1) is 8.38. The molecule has 0 radical (unpaired) electrons. The monoisotopic (exact) mass is 204 g/mol. The van der Waals surface area contributed by atoms with Gasteiger partial charge in [0, 0.05) is 12.6 Å². The zero-order valence-corrected chi connectivity index (χ0v) is 8.68. The molecule has 1 fully saturated rings. The highest BCUT2D eigenvalue weighted by molar-refractivity contribution is 7.16. The lowest BCUT2D eigenvalue weighted by Gasteiger charge is -2.02. The molecule has 1 aliphatic rings. The first-order chi connectivity index (χ1) is 6.92. The van der Waals surface area contributed by atoms with Crippen molar-refractivity contribution in [3.8, 4) is 0 Å². The Labute approximate surface area is 87.0 Å². The van der Waals surface area contributed by atoms with Crippen LogP contribution in [0.5, 0.6) is 0 Å². The van der Waals surface area contributed by atoms with Gasteiger partial charge < -0.3 is 5.32 Å². The molecule has 1 heterocycles. The molecule has 3 heteroatoms. The van der Waals surface area contributed by atoms with Gasteiger partial charge in [0.05, 0.1) is 15.7 Å². The van der Waals surface area contributed by atoms with E-state index in [1.54, 1.807) is 11.3 Å². The Hall–Kier alpha value is -0.930. The average molecular weight is 204 g/mol. The number of nitrogens with one attached hydrogen (secondary N) is 1. The molecule has 0 amide bonds. The zero-order chi connectivity index (χ0) is 9.38. The normalized spacial score (nSPS) is 16.3. The second kappa shape index (κ2) is 3.33. The summed E-state index contributed by atoms with van der Waals surface area (Å²) < 4.78 is 1.29. The molecular weight excluding hydrogens is 192 g/mol. The first-order valence-corrected chi connectivity index (χ1v) is 5.85. The maximum Gasteiger partial charge on any atom is 0.0812 e. The highest BCUT2D eigenvalue weighted by Crippen LogP contribution is 2.21. The van der Waals surface area contributed by atoms with Crippen LogP contribution in [-0.4, -0.2) is 11.0 Å². The molecule has 2 aromatic rings. The first-order valence-electron chi connectivity index (χ1n) is 4.97. The van der Waals surface area contributed by atoms with Gasteiger partial charge in [0.15, 0.2) is 0 Å². The Morgan fingerprint density at radius 2 is 2.36 bits per heavy atom. The van der Waals surface area contributed by atoms with Crippen LogP contribution < -0.4 is 5.32 Å². The minimum absolute atomic E-state index is 0.784. The van der Waals surface area contributed by atoms with E-state index in [0.717, 1.165) is 18.1 Å². The van der Waals surface area contributed by atoms with Gasteiger partial charge in [0.25, 0.3) is 0 Å². The van der Waals surface area contributed by atoms with Gasteiger partial charge in [0.2, 0.25) is 0 Å². The van der Waals surface area contributed by atoms with Gasteiger partial charge in [-0.05, 0) is 30.5 Å². The lowest BCUT2D eigenvalue weighted by Crippen LogP contribution is -2.14. The lowest BCUT2D eigenvalue weighted by molar-refractivity contribution is 0.688. The van der Waals surface area contributed by atoms with Crippen LogP contribution in [-0.2, 0) is 6.54 Å². The molecule has 1 saturated carbocycles. The van der Waals surface area contributed by atoms with Crippen LogP contribution in [0, 0.1) is 0 Å². The largest absolute Gasteiger partial charge is 0.310 e. The van der Waals surface area contributed by atoms with Crippen molar-refractivity contribution < 1.29 is 0 Å². The molecular formula is C11H12N2S. The number of thiazole rings is 1. The molecule has 2 nitrogen and oxygen atoms in total. The van der Waals surface area contributed by atoms with E-state index in [1.807, 2.05) is 5.51 Å². The maximum absolute atomic E-state index is 4.27. The Bertz CT molecular complexity index is 445. The number of hydrogen-bond donors (Lipinski definition) is 1. The van der Waals surface area contributed by atoms with Gasteiger partial charge in [-0.2, -0.15) is 0 Å². The van der Waals surface area contributed by atoms with Crippen molar-refractivity contribution in [2.45, 2.75) is 25.4 Å². The molecule has 0 spiro atoms. The van der Waals surface area contributed by atoms with Gasteiger partial charge in [-0.3, -0.25) is 0 Å². The highest BCUT2D eigenvalue weighted by Gasteiger charge is 2.19. The molecule has 1 aromatic heterocycles. The predicted molar refractivity (Wildman–Crippen MR) is 59.5 cm³/mol. The van der Waals surface area contributed by atoms with Crippen LogP contribution in [0.4, 0.5) is 0 Å². The summed E-state index contributed by atoms with van der Waals surface area (Å²) in [6.45, 7) is 0.999. The second-order valence-corrected chi connectivity index (χ2v) is 4.70. The van der Waals surface area contributed by atoms with E-state index in [4.69, 9.17) is 0 Å². The van der Waals surface area contributed by atoms with Crippen LogP contribution in [0.15, 0.2) is 23.7 Å². The Morgan fingerprint density at radius 1 is 1.43 bits per heavy atom. The minimum Gasteiger partial charge on any atom is -0.310 e. The molecule has 0 bridgehead atoms. The summed E-state index contributed by atoms with van der Waals surface area (Å²) >= 11 is 1.71. The fourth-order valence-electron chi connectivity index (χ4n) is 1.56. The van der Waals surface area contributed by atoms with Crippen molar-refractivity contribution in [2.24, 2.45) is 0 Å². The molecule has 0 unspecified atom stereocenters. The van der Waals surface area contributed by atoms with Crippen molar-refractivity contribution in [3.63, 3.8) is 0 Å². The van der Waals surface area contributed by atoms with E-state index < -0.39 is 0 Å².